The molecular weight excluding hydrogens is 181 g/mol. The summed E-state index contributed by atoms with van der Waals surface area (Å²) in [5.74, 6) is 0.172. The lowest BCUT2D eigenvalue weighted by Gasteiger charge is -1.99. The molecule has 2 nitrogen and oxygen atoms in total. The van der Waals surface area contributed by atoms with Crippen molar-refractivity contribution in [2.75, 3.05) is 0 Å². The molecule has 0 fully saturated rings. The largest absolute Gasteiger partial charge is 0.508 e. The molecule has 0 bridgehead atoms. The molecule has 0 aliphatic carbocycles. The fourth-order valence-corrected chi connectivity index (χ4v) is 1.73. The maximum Gasteiger partial charge on any atom is 0.124 e. The summed E-state index contributed by atoms with van der Waals surface area (Å²) < 4.78 is 15.1. The number of alkyl halides is 1. The molecule has 0 saturated carbocycles. The molecule has 0 radical (unpaired) electrons. The van der Waals surface area contributed by atoms with Crippen LogP contribution in [0.2, 0.25) is 0 Å². The highest BCUT2D eigenvalue weighted by Crippen LogP contribution is 2.30. The van der Waals surface area contributed by atoms with E-state index in [1.165, 1.54) is 6.92 Å². The first kappa shape index (κ1) is 9.06. The normalized spacial score (nSPS) is 13.4. The first-order valence-electron chi connectivity index (χ1n) is 4.51. The second kappa shape index (κ2) is 3.01. The number of halogens is 1. The van der Waals surface area contributed by atoms with Crippen LogP contribution in [0.1, 0.15) is 18.7 Å². The van der Waals surface area contributed by atoms with Crippen molar-refractivity contribution in [3.05, 3.63) is 30.0 Å². The first-order chi connectivity index (χ1) is 6.59. The van der Waals surface area contributed by atoms with Crippen molar-refractivity contribution in [2.45, 2.75) is 13.1 Å². The van der Waals surface area contributed by atoms with Gasteiger partial charge in [0, 0.05) is 29.7 Å². The molecule has 0 amide bonds. The molecule has 1 N–H and O–H groups in total. The van der Waals surface area contributed by atoms with E-state index in [1.54, 1.807) is 24.4 Å². The molecule has 2 aromatic rings. The van der Waals surface area contributed by atoms with Gasteiger partial charge in [0.15, 0.2) is 0 Å². The minimum Gasteiger partial charge on any atom is -0.508 e. The van der Waals surface area contributed by atoms with Gasteiger partial charge in [-0.15, -0.1) is 0 Å². The van der Waals surface area contributed by atoms with E-state index in [0.29, 0.717) is 5.56 Å². The number of nitrogens with zero attached hydrogens (tertiary/aromatic N) is 1. The van der Waals surface area contributed by atoms with Gasteiger partial charge in [-0.1, -0.05) is 0 Å². The Kier molecular flexibility index (Phi) is 1.95. The van der Waals surface area contributed by atoms with Gasteiger partial charge in [0.2, 0.25) is 0 Å². The number of benzene rings is 1. The Hall–Kier alpha value is -1.51. The maximum absolute atomic E-state index is 13.2. The number of hydrogen-bond acceptors (Lipinski definition) is 1. The topological polar surface area (TPSA) is 25.2 Å². The van der Waals surface area contributed by atoms with Gasteiger partial charge >= 0.3 is 0 Å². The smallest absolute Gasteiger partial charge is 0.124 e. The fourth-order valence-electron chi connectivity index (χ4n) is 1.73. The number of hydrogen-bond donors (Lipinski definition) is 1. The number of phenols is 1. The summed E-state index contributed by atoms with van der Waals surface area (Å²) in [6.07, 6.45) is 0.745. The molecular formula is C11H12FNO. The summed E-state index contributed by atoms with van der Waals surface area (Å²) in [6.45, 7) is 1.50. The van der Waals surface area contributed by atoms with Gasteiger partial charge in [0.25, 0.3) is 0 Å². The van der Waals surface area contributed by atoms with Crippen LogP contribution in [0.5, 0.6) is 5.75 Å². The summed E-state index contributed by atoms with van der Waals surface area (Å²) >= 11 is 0. The second-order valence-electron chi connectivity index (χ2n) is 3.51. The molecule has 0 aliphatic heterocycles. The van der Waals surface area contributed by atoms with Crippen LogP contribution in [-0.4, -0.2) is 9.67 Å². The predicted octanol–water partition coefficient (Wildman–Crippen LogP) is 2.91. The molecule has 14 heavy (non-hydrogen) atoms. The Balaban J connectivity index is 2.79. The summed E-state index contributed by atoms with van der Waals surface area (Å²) in [4.78, 5) is 0. The zero-order valence-electron chi connectivity index (χ0n) is 8.16. The van der Waals surface area contributed by atoms with E-state index in [-0.39, 0.29) is 5.75 Å². The van der Waals surface area contributed by atoms with Gasteiger partial charge in [0.05, 0.1) is 0 Å². The molecule has 3 heteroatoms. The molecule has 1 aromatic heterocycles. The Morgan fingerprint density at radius 1 is 1.43 bits per heavy atom. The SMILES string of the molecule is CC(F)c1cn(C)c2ccc(O)cc12. The van der Waals surface area contributed by atoms with E-state index >= 15 is 0 Å². The third-order valence-corrected chi connectivity index (χ3v) is 2.43. The highest BCUT2D eigenvalue weighted by Gasteiger charge is 2.12. The lowest BCUT2D eigenvalue weighted by Crippen LogP contribution is -1.83. The average molecular weight is 193 g/mol. The third kappa shape index (κ3) is 1.25. The quantitative estimate of drug-likeness (QED) is 0.740. The Labute approximate surface area is 81.6 Å². The van der Waals surface area contributed by atoms with Crippen molar-refractivity contribution >= 4 is 10.9 Å². The third-order valence-electron chi connectivity index (χ3n) is 2.43. The maximum atomic E-state index is 13.2. The standard InChI is InChI=1S/C11H12FNO/c1-7(12)10-6-13(2)11-4-3-8(14)5-9(10)11/h3-7,14H,1-2H3. The number of phenolic OH excluding ortho intramolecular Hbond substituents is 1. The second-order valence-corrected chi connectivity index (χ2v) is 3.51. The van der Waals surface area contributed by atoms with E-state index < -0.39 is 6.17 Å². The summed E-state index contributed by atoms with van der Waals surface area (Å²) in [5.41, 5.74) is 1.56. The van der Waals surface area contributed by atoms with Gasteiger partial charge in [-0.05, 0) is 25.1 Å². The van der Waals surface area contributed by atoms with Crippen LogP contribution < -0.4 is 0 Å². The highest BCUT2D eigenvalue weighted by atomic mass is 19.1. The minimum absolute atomic E-state index is 0.172. The number of aromatic hydroxyl groups is 1. The molecule has 0 aliphatic rings. The van der Waals surface area contributed by atoms with E-state index in [4.69, 9.17) is 0 Å². The van der Waals surface area contributed by atoms with Crippen molar-refractivity contribution in [2.24, 2.45) is 7.05 Å². The molecule has 0 saturated heterocycles. The van der Waals surface area contributed by atoms with Crippen LogP contribution in [0.4, 0.5) is 4.39 Å². The van der Waals surface area contributed by atoms with Crippen LogP contribution in [0.15, 0.2) is 24.4 Å². The van der Waals surface area contributed by atoms with Gasteiger partial charge in [-0.2, -0.15) is 0 Å². The van der Waals surface area contributed by atoms with Crippen molar-refractivity contribution < 1.29 is 9.50 Å². The molecule has 1 aromatic carbocycles. The van der Waals surface area contributed by atoms with Gasteiger partial charge in [0.1, 0.15) is 11.9 Å². The molecule has 1 atom stereocenters. The van der Waals surface area contributed by atoms with Crippen molar-refractivity contribution in [3.63, 3.8) is 0 Å². The summed E-state index contributed by atoms with van der Waals surface area (Å²) in [7, 11) is 1.87. The minimum atomic E-state index is -1.01. The zero-order chi connectivity index (χ0) is 10.3. The van der Waals surface area contributed by atoms with Crippen LogP contribution in [0, 0.1) is 0 Å². The molecule has 74 valence electrons. The lowest BCUT2D eigenvalue weighted by molar-refractivity contribution is 0.376. The van der Waals surface area contributed by atoms with Crippen molar-refractivity contribution in [3.8, 4) is 5.75 Å². The van der Waals surface area contributed by atoms with Gasteiger partial charge in [-0.25, -0.2) is 4.39 Å². The number of fused-ring (bicyclic) bond motifs is 1. The summed E-state index contributed by atoms with van der Waals surface area (Å²) in [5, 5.41) is 10.1. The molecule has 0 spiro atoms. The van der Waals surface area contributed by atoms with E-state index in [2.05, 4.69) is 0 Å². The van der Waals surface area contributed by atoms with Gasteiger partial charge < -0.3 is 9.67 Å². The van der Waals surface area contributed by atoms with E-state index in [1.807, 2.05) is 11.6 Å². The Morgan fingerprint density at radius 3 is 2.79 bits per heavy atom. The first-order valence-corrected chi connectivity index (χ1v) is 4.51. The van der Waals surface area contributed by atoms with Crippen molar-refractivity contribution in [1.82, 2.24) is 4.57 Å². The molecule has 1 heterocycles. The van der Waals surface area contributed by atoms with Crippen LogP contribution in [0.25, 0.3) is 10.9 Å². The van der Waals surface area contributed by atoms with E-state index in [9.17, 15) is 9.50 Å². The average Bonchev–Trinajstić information content (AvgIpc) is 2.43. The molecule has 1 unspecified atom stereocenters. The van der Waals surface area contributed by atoms with E-state index in [0.717, 1.165) is 10.9 Å². The number of aryl methyl sites for hydroxylation is 1. The number of rotatable bonds is 1. The predicted molar refractivity (Wildman–Crippen MR) is 54.1 cm³/mol. The Bertz CT molecular complexity index is 473. The zero-order valence-corrected chi connectivity index (χ0v) is 8.16. The molecule has 2 rings (SSSR count). The van der Waals surface area contributed by atoms with Crippen LogP contribution >= 0.6 is 0 Å². The fraction of sp³-hybridized carbons (Fsp3) is 0.273. The number of aromatic nitrogens is 1. The monoisotopic (exact) mass is 193 g/mol. The summed E-state index contributed by atoms with van der Waals surface area (Å²) in [6, 6.07) is 4.99. The lowest BCUT2D eigenvalue weighted by atomic mass is 10.1. The van der Waals surface area contributed by atoms with Gasteiger partial charge in [-0.3, -0.25) is 0 Å². The van der Waals surface area contributed by atoms with Crippen LogP contribution in [-0.2, 0) is 7.05 Å². The highest BCUT2D eigenvalue weighted by molar-refractivity contribution is 5.85. The van der Waals surface area contributed by atoms with Crippen molar-refractivity contribution in [1.29, 1.82) is 0 Å². The van der Waals surface area contributed by atoms with Crippen LogP contribution in [0.3, 0.4) is 0 Å². The Morgan fingerprint density at radius 2 is 2.14 bits per heavy atom.